The molecule has 8 heteroatoms. The highest BCUT2D eigenvalue weighted by molar-refractivity contribution is 14.0. The van der Waals surface area contributed by atoms with E-state index in [0.29, 0.717) is 11.3 Å². The SMILES string of the molecule is CCNC(=NCC1CCCS1)NCCc1ccc(OCC(=O)NC2CC2)cc1.I. The van der Waals surface area contributed by atoms with Crippen LogP contribution in [0, 0.1) is 0 Å². The molecule has 1 aromatic carbocycles. The fourth-order valence-corrected chi connectivity index (χ4v) is 4.23. The lowest BCUT2D eigenvalue weighted by molar-refractivity contribution is -0.123. The van der Waals surface area contributed by atoms with E-state index < -0.39 is 0 Å². The number of nitrogens with zero attached hydrogens (tertiary/aromatic N) is 1. The monoisotopic (exact) mass is 532 g/mol. The van der Waals surface area contributed by atoms with Gasteiger partial charge < -0.3 is 20.7 Å². The molecule has 2 aliphatic rings. The molecule has 1 saturated carbocycles. The molecule has 1 amide bonds. The summed E-state index contributed by atoms with van der Waals surface area (Å²) in [6.45, 7) is 4.75. The van der Waals surface area contributed by atoms with Crippen molar-refractivity contribution in [3.8, 4) is 5.75 Å². The molecule has 1 aliphatic carbocycles. The number of guanidine groups is 1. The van der Waals surface area contributed by atoms with Crippen molar-refractivity contribution in [2.75, 3.05) is 32.0 Å². The van der Waals surface area contributed by atoms with Crippen molar-refractivity contribution in [2.45, 2.75) is 50.3 Å². The van der Waals surface area contributed by atoms with Crippen LogP contribution in [0.2, 0.25) is 0 Å². The highest BCUT2D eigenvalue weighted by atomic mass is 127. The van der Waals surface area contributed by atoms with Gasteiger partial charge in [-0.1, -0.05) is 12.1 Å². The average molecular weight is 532 g/mol. The molecule has 6 nitrogen and oxygen atoms in total. The van der Waals surface area contributed by atoms with Crippen LogP contribution in [0.1, 0.15) is 38.2 Å². The van der Waals surface area contributed by atoms with E-state index in [9.17, 15) is 4.79 Å². The Balaban J connectivity index is 0.00000300. The molecule has 0 bridgehead atoms. The molecule has 1 atom stereocenters. The van der Waals surface area contributed by atoms with Gasteiger partial charge >= 0.3 is 0 Å². The molecule has 1 aromatic rings. The maximum absolute atomic E-state index is 11.7. The van der Waals surface area contributed by atoms with Crippen molar-refractivity contribution < 1.29 is 9.53 Å². The Morgan fingerprint density at radius 1 is 1.21 bits per heavy atom. The van der Waals surface area contributed by atoms with Crippen molar-refractivity contribution >= 4 is 47.6 Å². The molecule has 1 aliphatic heterocycles. The van der Waals surface area contributed by atoms with Gasteiger partial charge in [0.25, 0.3) is 5.91 Å². The van der Waals surface area contributed by atoms with Gasteiger partial charge in [-0.25, -0.2) is 0 Å². The molecule has 0 spiro atoms. The number of benzene rings is 1. The number of carbonyl (C=O) groups excluding carboxylic acids is 1. The van der Waals surface area contributed by atoms with Crippen LogP contribution in [0.15, 0.2) is 29.3 Å². The number of aliphatic imine (C=N–C) groups is 1. The summed E-state index contributed by atoms with van der Waals surface area (Å²) in [5.74, 6) is 2.86. The van der Waals surface area contributed by atoms with Crippen molar-refractivity contribution in [1.82, 2.24) is 16.0 Å². The summed E-state index contributed by atoms with van der Waals surface area (Å²) in [4.78, 5) is 16.4. The van der Waals surface area contributed by atoms with Gasteiger partial charge in [-0.3, -0.25) is 9.79 Å². The molecule has 29 heavy (non-hydrogen) atoms. The summed E-state index contributed by atoms with van der Waals surface area (Å²) in [7, 11) is 0. The summed E-state index contributed by atoms with van der Waals surface area (Å²) >= 11 is 2.04. The van der Waals surface area contributed by atoms with Crippen molar-refractivity contribution in [1.29, 1.82) is 0 Å². The topological polar surface area (TPSA) is 74.8 Å². The Hall–Kier alpha value is -1.16. The summed E-state index contributed by atoms with van der Waals surface area (Å²) in [6.07, 6.45) is 5.69. The fourth-order valence-electron chi connectivity index (χ4n) is 3.05. The molecule has 3 N–H and O–H groups in total. The third-order valence-corrected chi connectivity index (χ3v) is 6.14. The summed E-state index contributed by atoms with van der Waals surface area (Å²) in [6, 6.07) is 8.33. The molecule has 1 saturated heterocycles. The predicted octanol–water partition coefficient (Wildman–Crippen LogP) is 2.96. The zero-order valence-corrected chi connectivity index (χ0v) is 20.3. The van der Waals surface area contributed by atoms with Crippen molar-refractivity contribution in [2.24, 2.45) is 4.99 Å². The minimum atomic E-state index is -0.0398. The number of ether oxygens (including phenoxy) is 1. The van der Waals surface area contributed by atoms with E-state index in [1.54, 1.807) is 0 Å². The van der Waals surface area contributed by atoms with Gasteiger partial charge in [0.2, 0.25) is 0 Å². The highest BCUT2D eigenvalue weighted by Crippen LogP contribution is 2.26. The minimum Gasteiger partial charge on any atom is -0.484 e. The quantitative estimate of drug-likeness (QED) is 0.246. The lowest BCUT2D eigenvalue weighted by Gasteiger charge is -2.13. The van der Waals surface area contributed by atoms with Gasteiger partial charge in [0.1, 0.15) is 5.75 Å². The standard InChI is InChI=1S/C21H32N4O2S.HI/c1-2-22-21(24-14-19-4-3-13-28-19)23-12-11-16-5-9-18(10-6-16)27-15-20(26)25-17-7-8-17;/h5-6,9-10,17,19H,2-4,7-8,11-15H2,1H3,(H,25,26)(H2,22,23,24);1H. The average Bonchev–Trinajstić information content (AvgIpc) is 3.36. The Bertz CT molecular complexity index is 647. The van der Waals surface area contributed by atoms with Crippen LogP contribution in [-0.2, 0) is 11.2 Å². The van der Waals surface area contributed by atoms with Crippen LogP contribution in [0.5, 0.6) is 5.75 Å². The first kappa shape index (κ1) is 24.1. The molecule has 2 fully saturated rings. The number of nitrogens with one attached hydrogen (secondary N) is 3. The van der Waals surface area contributed by atoms with E-state index in [4.69, 9.17) is 9.73 Å². The lowest BCUT2D eigenvalue weighted by atomic mass is 10.1. The highest BCUT2D eigenvalue weighted by Gasteiger charge is 2.23. The maximum atomic E-state index is 11.7. The van der Waals surface area contributed by atoms with Crippen LogP contribution in [0.25, 0.3) is 0 Å². The van der Waals surface area contributed by atoms with E-state index in [0.717, 1.165) is 50.6 Å². The zero-order chi connectivity index (χ0) is 19.6. The first-order chi connectivity index (χ1) is 13.7. The number of carbonyl (C=O) groups is 1. The summed E-state index contributed by atoms with van der Waals surface area (Å²) < 4.78 is 5.55. The van der Waals surface area contributed by atoms with Gasteiger partial charge in [0.15, 0.2) is 12.6 Å². The third kappa shape index (κ3) is 9.46. The van der Waals surface area contributed by atoms with Gasteiger partial charge in [0, 0.05) is 24.4 Å². The van der Waals surface area contributed by atoms with Gasteiger partial charge in [-0.15, -0.1) is 24.0 Å². The van der Waals surface area contributed by atoms with Crippen LogP contribution in [0.4, 0.5) is 0 Å². The van der Waals surface area contributed by atoms with Crippen molar-refractivity contribution in [3.63, 3.8) is 0 Å². The van der Waals surface area contributed by atoms with Crippen LogP contribution in [0.3, 0.4) is 0 Å². The van der Waals surface area contributed by atoms with Gasteiger partial charge in [0.05, 0.1) is 6.54 Å². The molecule has 1 heterocycles. The predicted molar refractivity (Wildman–Crippen MR) is 132 cm³/mol. The van der Waals surface area contributed by atoms with E-state index in [2.05, 4.69) is 35.0 Å². The van der Waals surface area contributed by atoms with Crippen LogP contribution in [-0.4, -0.2) is 55.2 Å². The number of rotatable bonds is 10. The van der Waals surface area contributed by atoms with Crippen LogP contribution < -0.4 is 20.7 Å². The number of halogens is 1. The normalized spacial score (nSPS) is 18.7. The molecule has 3 rings (SSSR count). The Morgan fingerprint density at radius 2 is 2.00 bits per heavy atom. The second-order valence-electron chi connectivity index (χ2n) is 7.31. The first-order valence-corrected chi connectivity index (χ1v) is 11.4. The smallest absolute Gasteiger partial charge is 0.258 e. The van der Waals surface area contributed by atoms with Gasteiger partial charge in [-0.2, -0.15) is 11.8 Å². The number of hydrogen-bond donors (Lipinski definition) is 3. The largest absolute Gasteiger partial charge is 0.484 e. The Labute approximate surface area is 195 Å². The fraction of sp³-hybridized carbons (Fsp3) is 0.619. The summed E-state index contributed by atoms with van der Waals surface area (Å²) in [5, 5.41) is 10.3. The Morgan fingerprint density at radius 3 is 2.66 bits per heavy atom. The Kier molecular flexibility index (Phi) is 11.0. The lowest BCUT2D eigenvalue weighted by Crippen LogP contribution is -2.38. The van der Waals surface area contributed by atoms with E-state index in [-0.39, 0.29) is 36.5 Å². The van der Waals surface area contributed by atoms with Gasteiger partial charge in [-0.05, 0) is 62.5 Å². The molecular weight excluding hydrogens is 499 g/mol. The number of thioether (sulfide) groups is 1. The number of amides is 1. The van der Waals surface area contributed by atoms with Crippen molar-refractivity contribution in [3.05, 3.63) is 29.8 Å². The van der Waals surface area contributed by atoms with E-state index in [1.807, 2.05) is 23.9 Å². The molecular formula is C21H33IN4O2S. The molecule has 1 unspecified atom stereocenters. The van der Waals surface area contributed by atoms with E-state index in [1.165, 1.54) is 24.2 Å². The molecule has 162 valence electrons. The zero-order valence-electron chi connectivity index (χ0n) is 17.1. The first-order valence-electron chi connectivity index (χ1n) is 10.4. The second kappa shape index (κ2) is 13.2. The second-order valence-corrected chi connectivity index (χ2v) is 8.71. The minimum absolute atomic E-state index is 0. The third-order valence-electron chi connectivity index (χ3n) is 4.76. The van der Waals surface area contributed by atoms with Crippen LogP contribution >= 0.6 is 35.7 Å². The maximum Gasteiger partial charge on any atom is 0.258 e. The molecule has 0 radical (unpaired) electrons. The van der Waals surface area contributed by atoms with E-state index >= 15 is 0 Å². The summed E-state index contributed by atoms with van der Waals surface area (Å²) in [5.41, 5.74) is 1.23. The number of hydrogen-bond acceptors (Lipinski definition) is 4. The molecule has 0 aromatic heterocycles.